The van der Waals surface area contributed by atoms with Crippen LogP contribution in [0, 0.1) is 0 Å². The molecule has 0 spiro atoms. The van der Waals surface area contributed by atoms with Gasteiger partial charge in [0.2, 0.25) is 0 Å². The summed E-state index contributed by atoms with van der Waals surface area (Å²) in [5.41, 5.74) is 11.7. The van der Waals surface area contributed by atoms with Gasteiger partial charge < -0.3 is 10.6 Å². The Morgan fingerprint density at radius 3 is 2.58 bits per heavy atom. The molecule has 1 aliphatic heterocycles. The third kappa shape index (κ3) is 3.16. The Bertz CT molecular complexity index is 889. The molecule has 0 saturated carbocycles. The minimum Gasteiger partial charge on any atom is -0.331 e. The van der Waals surface area contributed by atoms with Gasteiger partial charge in [0.1, 0.15) is 0 Å². The van der Waals surface area contributed by atoms with E-state index in [1.165, 1.54) is 22.3 Å². The van der Waals surface area contributed by atoms with Gasteiger partial charge >= 0.3 is 0 Å². The van der Waals surface area contributed by atoms with Gasteiger partial charge in [-0.05, 0) is 84.5 Å². The van der Waals surface area contributed by atoms with E-state index in [0.29, 0.717) is 23.7 Å². The summed E-state index contributed by atoms with van der Waals surface area (Å²) in [5, 5.41) is 1.39. The van der Waals surface area contributed by atoms with E-state index in [-0.39, 0.29) is 11.9 Å². The zero-order valence-electron chi connectivity index (χ0n) is 14.3. The molecule has 134 valence electrons. The van der Waals surface area contributed by atoms with Crippen molar-refractivity contribution in [1.82, 2.24) is 4.90 Å². The van der Waals surface area contributed by atoms with Crippen molar-refractivity contribution in [3.8, 4) is 0 Å². The molecule has 0 bridgehead atoms. The number of rotatable bonds is 3. The highest BCUT2D eigenvalue weighted by atomic mass is 35.5. The zero-order chi connectivity index (χ0) is 18.3. The summed E-state index contributed by atoms with van der Waals surface area (Å²) in [6.45, 7) is 1.20. The predicted molar refractivity (Wildman–Crippen MR) is 107 cm³/mol. The third-order valence-electron chi connectivity index (χ3n) is 5.32. The summed E-state index contributed by atoms with van der Waals surface area (Å²) in [7, 11) is 0. The average molecular weight is 387 g/mol. The Balaban J connectivity index is 1.66. The molecule has 2 aliphatic rings. The zero-order valence-corrected chi connectivity index (χ0v) is 15.9. The van der Waals surface area contributed by atoms with Crippen LogP contribution in [-0.2, 0) is 6.42 Å². The first kappa shape index (κ1) is 17.6. The fourth-order valence-corrected chi connectivity index (χ4v) is 4.34. The fraction of sp³-hybridized carbons (Fsp3) is 0.286. The summed E-state index contributed by atoms with van der Waals surface area (Å²) in [5.74, 6) is 0.0423. The molecule has 2 aromatic carbocycles. The number of benzene rings is 2. The second-order valence-corrected chi connectivity index (χ2v) is 7.81. The molecule has 3 nitrogen and oxygen atoms in total. The topological polar surface area (TPSA) is 46.3 Å². The Morgan fingerprint density at radius 2 is 1.85 bits per heavy atom. The monoisotopic (exact) mass is 386 g/mol. The lowest BCUT2D eigenvalue weighted by atomic mass is 9.91. The van der Waals surface area contributed by atoms with Crippen molar-refractivity contribution in [2.24, 2.45) is 5.73 Å². The summed E-state index contributed by atoms with van der Waals surface area (Å²) >= 11 is 12.2. The van der Waals surface area contributed by atoms with Crippen molar-refractivity contribution in [3.05, 3.63) is 74.8 Å². The molecule has 1 amide bonds. The van der Waals surface area contributed by atoms with E-state index in [0.717, 1.165) is 24.3 Å². The van der Waals surface area contributed by atoms with Crippen molar-refractivity contribution >= 4 is 34.7 Å². The van der Waals surface area contributed by atoms with Gasteiger partial charge in [-0.15, -0.1) is 0 Å². The van der Waals surface area contributed by atoms with Crippen LogP contribution in [0.15, 0.2) is 48.0 Å². The SMILES string of the molecule is NCCC1CC2=C(Cc3ccc(Cl)cc32)CN1C(=O)c1ccc(Cl)cc1. The van der Waals surface area contributed by atoms with E-state index >= 15 is 0 Å². The summed E-state index contributed by atoms with van der Waals surface area (Å²) in [4.78, 5) is 15.1. The lowest BCUT2D eigenvalue weighted by Gasteiger charge is -2.37. The van der Waals surface area contributed by atoms with Crippen LogP contribution in [0.5, 0.6) is 0 Å². The van der Waals surface area contributed by atoms with Crippen molar-refractivity contribution in [1.29, 1.82) is 0 Å². The van der Waals surface area contributed by atoms with Crippen LogP contribution in [-0.4, -0.2) is 29.9 Å². The highest BCUT2D eigenvalue weighted by molar-refractivity contribution is 6.31. The standard InChI is InChI=1S/C21H20Cl2N2O/c22-16-4-1-13(2-5-16)21(26)25-12-15-9-14-3-6-17(23)10-19(14)20(15)11-18(25)7-8-24/h1-6,10,18H,7-9,11-12,24H2. The van der Waals surface area contributed by atoms with E-state index in [9.17, 15) is 4.79 Å². The number of nitrogens with two attached hydrogens (primary N) is 1. The number of nitrogens with zero attached hydrogens (tertiary/aromatic N) is 1. The predicted octanol–water partition coefficient (Wildman–Crippen LogP) is 4.57. The minimum atomic E-state index is 0.0423. The minimum absolute atomic E-state index is 0.0423. The maximum absolute atomic E-state index is 13.1. The fourth-order valence-electron chi connectivity index (χ4n) is 4.04. The first-order chi connectivity index (χ1) is 12.6. The van der Waals surface area contributed by atoms with Crippen LogP contribution in [0.3, 0.4) is 0 Å². The molecule has 26 heavy (non-hydrogen) atoms. The number of hydrogen-bond acceptors (Lipinski definition) is 2. The maximum atomic E-state index is 13.1. The van der Waals surface area contributed by atoms with Gasteiger partial charge in [0.15, 0.2) is 0 Å². The smallest absolute Gasteiger partial charge is 0.254 e. The summed E-state index contributed by atoms with van der Waals surface area (Å²) in [6.07, 6.45) is 2.51. The molecule has 5 heteroatoms. The van der Waals surface area contributed by atoms with Gasteiger partial charge in [-0.2, -0.15) is 0 Å². The Kier molecular flexibility index (Phi) is 4.78. The van der Waals surface area contributed by atoms with E-state index in [1.54, 1.807) is 24.3 Å². The van der Waals surface area contributed by atoms with E-state index in [1.807, 2.05) is 11.0 Å². The molecule has 0 radical (unpaired) electrons. The van der Waals surface area contributed by atoms with Gasteiger partial charge in [-0.1, -0.05) is 29.3 Å². The van der Waals surface area contributed by atoms with E-state index in [2.05, 4.69) is 12.1 Å². The maximum Gasteiger partial charge on any atom is 0.254 e. The molecule has 0 saturated heterocycles. The average Bonchev–Trinajstić information content (AvgIpc) is 2.98. The number of halogens is 2. The molecule has 1 unspecified atom stereocenters. The highest BCUT2D eigenvalue weighted by Gasteiger charge is 2.35. The van der Waals surface area contributed by atoms with Gasteiger partial charge in [0.05, 0.1) is 0 Å². The third-order valence-corrected chi connectivity index (χ3v) is 5.81. The van der Waals surface area contributed by atoms with Gasteiger partial charge in [-0.25, -0.2) is 0 Å². The van der Waals surface area contributed by atoms with Crippen LogP contribution in [0.25, 0.3) is 5.57 Å². The van der Waals surface area contributed by atoms with Crippen molar-refractivity contribution in [2.75, 3.05) is 13.1 Å². The van der Waals surface area contributed by atoms with Gasteiger partial charge in [0, 0.05) is 28.2 Å². The molecule has 4 rings (SSSR count). The summed E-state index contributed by atoms with van der Waals surface area (Å²) < 4.78 is 0. The molecule has 0 aromatic heterocycles. The van der Waals surface area contributed by atoms with Crippen LogP contribution in [0.2, 0.25) is 10.0 Å². The molecule has 0 fully saturated rings. The van der Waals surface area contributed by atoms with Gasteiger partial charge in [0.25, 0.3) is 5.91 Å². The molecule has 1 aliphatic carbocycles. The number of carbonyl (C=O) groups is 1. The largest absolute Gasteiger partial charge is 0.331 e. The number of hydrogen-bond donors (Lipinski definition) is 1. The highest BCUT2D eigenvalue weighted by Crippen LogP contribution is 2.42. The molecular weight excluding hydrogens is 367 g/mol. The first-order valence-corrected chi connectivity index (χ1v) is 9.58. The van der Waals surface area contributed by atoms with Crippen molar-refractivity contribution in [2.45, 2.75) is 25.3 Å². The van der Waals surface area contributed by atoms with Crippen molar-refractivity contribution in [3.63, 3.8) is 0 Å². The molecule has 2 aromatic rings. The number of fused-ring (bicyclic) bond motifs is 2. The molecular formula is C21H20Cl2N2O. The van der Waals surface area contributed by atoms with Crippen molar-refractivity contribution < 1.29 is 4.79 Å². The quantitative estimate of drug-likeness (QED) is 0.839. The second-order valence-electron chi connectivity index (χ2n) is 6.94. The van der Waals surface area contributed by atoms with E-state index in [4.69, 9.17) is 28.9 Å². The van der Waals surface area contributed by atoms with Crippen LogP contribution in [0.1, 0.15) is 34.3 Å². The number of amides is 1. The second kappa shape index (κ2) is 7.07. The number of carbonyl (C=O) groups excluding carboxylic acids is 1. The summed E-state index contributed by atoms with van der Waals surface area (Å²) in [6, 6.07) is 13.3. The normalized spacial score (nSPS) is 18.7. The van der Waals surface area contributed by atoms with E-state index < -0.39 is 0 Å². The molecule has 1 atom stereocenters. The molecule has 2 N–H and O–H groups in total. The van der Waals surface area contributed by atoms with Crippen LogP contribution >= 0.6 is 23.2 Å². The van der Waals surface area contributed by atoms with Crippen LogP contribution in [0.4, 0.5) is 0 Å². The Hall–Kier alpha value is -1.81. The van der Waals surface area contributed by atoms with Crippen LogP contribution < -0.4 is 5.73 Å². The lowest BCUT2D eigenvalue weighted by molar-refractivity contribution is 0.0684. The first-order valence-electron chi connectivity index (χ1n) is 8.83. The Labute approximate surface area is 163 Å². The Morgan fingerprint density at radius 1 is 1.12 bits per heavy atom. The lowest BCUT2D eigenvalue weighted by Crippen LogP contribution is -2.45. The molecule has 1 heterocycles. The van der Waals surface area contributed by atoms with Gasteiger partial charge in [-0.3, -0.25) is 4.79 Å².